The van der Waals surface area contributed by atoms with Crippen molar-refractivity contribution in [1.29, 1.82) is 0 Å². The van der Waals surface area contributed by atoms with Crippen LogP contribution in [0.4, 0.5) is 0 Å². The van der Waals surface area contributed by atoms with Crippen LogP contribution in [0.25, 0.3) is 32.7 Å². The lowest BCUT2D eigenvalue weighted by molar-refractivity contribution is 1.32. The first-order valence-electron chi connectivity index (χ1n) is 6.86. The lowest BCUT2D eigenvalue weighted by Crippen LogP contribution is -1.87. The molecule has 0 unspecified atom stereocenters. The number of fused-ring (bicyclic) bond motifs is 1. The third kappa shape index (κ3) is 2.17. The topological polar surface area (TPSA) is 41.6 Å². The first-order valence-corrected chi connectivity index (χ1v) is 8.54. The number of benzene rings is 1. The SMILES string of the molecule is Cc1cc(Br)ccc1-c1ccnc2[nH]cc(-c3nccs3)c12. The van der Waals surface area contributed by atoms with Gasteiger partial charge < -0.3 is 4.98 Å². The predicted octanol–water partition coefficient (Wildman–Crippen LogP) is 5.42. The van der Waals surface area contributed by atoms with Gasteiger partial charge in [0, 0.05) is 39.4 Å². The Morgan fingerprint density at radius 2 is 1.95 bits per heavy atom. The lowest BCUT2D eigenvalue weighted by atomic mass is 9.97. The molecule has 0 aliphatic heterocycles. The van der Waals surface area contributed by atoms with E-state index in [1.54, 1.807) is 11.3 Å². The Bertz CT molecular complexity index is 957. The van der Waals surface area contributed by atoms with Crippen LogP contribution in [0.3, 0.4) is 0 Å². The van der Waals surface area contributed by atoms with Gasteiger partial charge in [0.25, 0.3) is 0 Å². The number of aryl methyl sites for hydroxylation is 1. The number of nitrogens with one attached hydrogen (secondary N) is 1. The van der Waals surface area contributed by atoms with Crippen molar-refractivity contribution >= 4 is 38.3 Å². The molecule has 3 nitrogen and oxygen atoms in total. The number of nitrogens with zero attached hydrogens (tertiary/aromatic N) is 2. The highest BCUT2D eigenvalue weighted by Gasteiger charge is 2.15. The molecule has 0 spiro atoms. The van der Waals surface area contributed by atoms with Crippen LogP contribution >= 0.6 is 27.3 Å². The summed E-state index contributed by atoms with van der Waals surface area (Å²) in [6.45, 7) is 2.13. The highest BCUT2D eigenvalue weighted by molar-refractivity contribution is 9.10. The summed E-state index contributed by atoms with van der Waals surface area (Å²) in [4.78, 5) is 12.2. The molecule has 108 valence electrons. The Kier molecular flexibility index (Phi) is 3.32. The van der Waals surface area contributed by atoms with Crippen LogP contribution < -0.4 is 0 Å². The van der Waals surface area contributed by atoms with E-state index >= 15 is 0 Å². The number of H-pyrrole nitrogens is 1. The van der Waals surface area contributed by atoms with Crippen molar-refractivity contribution in [2.45, 2.75) is 6.92 Å². The molecule has 1 aromatic carbocycles. The van der Waals surface area contributed by atoms with E-state index in [2.05, 4.69) is 62.1 Å². The Balaban J connectivity index is 2.04. The zero-order valence-corrected chi connectivity index (χ0v) is 14.2. The molecular formula is C17H12BrN3S. The molecule has 0 radical (unpaired) electrons. The average Bonchev–Trinajstić information content (AvgIpc) is 3.16. The summed E-state index contributed by atoms with van der Waals surface area (Å²) in [5.74, 6) is 0. The van der Waals surface area contributed by atoms with Crippen molar-refractivity contribution in [3.05, 3.63) is 58.3 Å². The molecule has 0 saturated heterocycles. The van der Waals surface area contributed by atoms with Gasteiger partial charge in [0.05, 0.1) is 0 Å². The first-order chi connectivity index (χ1) is 10.7. The van der Waals surface area contributed by atoms with Crippen LogP contribution in [0.1, 0.15) is 5.56 Å². The van der Waals surface area contributed by atoms with E-state index in [0.717, 1.165) is 26.1 Å². The maximum absolute atomic E-state index is 4.46. The van der Waals surface area contributed by atoms with Crippen molar-refractivity contribution in [2.24, 2.45) is 0 Å². The van der Waals surface area contributed by atoms with Crippen LogP contribution in [-0.2, 0) is 0 Å². The van der Waals surface area contributed by atoms with Gasteiger partial charge >= 0.3 is 0 Å². The summed E-state index contributed by atoms with van der Waals surface area (Å²) in [5.41, 5.74) is 5.63. The van der Waals surface area contributed by atoms with Crippen molar-refractivity contribution < 1.29 is 0 Å². The zero-order chi connectivity index (χ0) is 15.1. The molecule has 0 bridgehead atoms. The third-order valence-corrected chi connectivity index (χ3v) is 5.01. The molecule has 0 amide bonds. The summed E-state index contributed by atoms with van der Waals surface area (Å²) >= 11 is 5.17. The van der Waals surface area contributed by atoms with Crippen LogP contribution in [0.2, 0.25) is 0 Å². The van der Waals surface area contributed by atoms with Crippen LogP contribution in [-0.4, -0.2) is 15.0 Å². The minimum absolute atomic E-state index is 0.894. The van der Waals surface area contributed by atoms with Gasteiger partial charge in [0.1, 0.15) is 10.7 Å². The standard InChI is InChI=1S/C17H12BrN3S/c1-10-8-11(18)2-3-12(10)13-4-5-19-16-15(13)14(9-21-16)17-20-6-7-22-17/h2-9H,1H3,(H,19,21). The normalized spacial score (nSPS) is 11.2. The molecule has 0 aliphatic rings. The number of thiazole rings is 1. The minimum atomic E-state index is 0.894. The van der Waals surface area contributed by atoms with Gasteiger partial charge in [-0.05, 0) is 41.8 Å². The number of hydrogen-bond donors (Lipinski definition) is 1. The first kappa shape index (κ1) is 13.7. The van der Waals surface area contributed by atoms with Crippen molar-refractivity contribution in [3.8, 4) is 21.7 Å². The van der Waals surface area contributed by atoms with Gasteiger partial charge in [0.2, 0.25) is 0 Å². The number of pyridine rings is 1. The fourth-order valence-electron chi connectivity index (χ4n) is 2.74. The van der Waals surface area contributed by atoms with Crippen molar-refractivity contribution in [3.63, 3.8) is 0 Å². The summed E-state index contributed by atoms with van der Waals surface area (Å²) in [5, 5.41) is 4.13. The Hall–Kier alpha value is -1.98. The molecular weight excluding hydrogens is 358 g/mol. The van der Waals surface area contributed by atoms with Crippen LogP contribution in [0.5, 0.6) is 0 Å². The van der Waals surface area contributed by atoms with Gasteiger partial charge in [-0.25, -0.2) is 9.97 Å². The monoisotopic (exact) mass is 369 g/mol. The molecule has 4 rings (SSSR count). The van der Waals surface area contributed by atoms with Gasteiger partial charge in [-0.1, -0.05) is 22.0 Å². The highest BCUT2D eigenvalue weighted by Crippen LogP contribution is 2.37. The van der Waals surface area contributed by atoms with Crippen LogP contribution in [0.15, 0.2) is 52.7 Å². The number of halogens is 1. The molecule has 5 heteroatoms. The summed E-state index contributed by atoms with van der Waals surface area (Å²) in [7, 11) is 0. The van der Waals surface area contributed by atoms with E-state index in [1.165, 1.54) is 16.7 Å². The fraction of sp³-hybridized carbons (Fsp3) is 0.0588. The van der Waals surface area contributed by atoms with E-state index in [4.69, 9.17) is 0 Å². The Labute approximate surface area is 140 Å². The minimum Gasteiger partial charge on any atom is -0.345 e. The Morgan fingerprint density at radius 1 is 1.05 bits per heavy atom. The molecule has 0 saturated carbocycles. The van der Waals surface area contributed by atoms with Crippen molar-refractivity contribution in [1.82, 2.24) is 15.0 Å². The maximum atomic E-state index is 4.46. The molecule has 0 atom stereocenters. The van der Waals surface area contributed by atoms with E-state index in [-0.39, 0.29) is 0 Å². The quantitative estimate of drug-likeness (QED) is 0.512. The number of aromatic amines is 1. The van der Waals surface area contributed by atoms with E-state index in [1.807, 2.05) is 24.0 Å². The summed E-state index contributed by atoms with van der Waals surface area (Å²) in [6, 6.07) is 8.43. The number of aromatic nitrogens is 3. The van der Waals surface area contributed by atoms with Gasteiger partial charge in [-0.15, -0.1) is 11.3 Å². The summed E-state index contributed by atoms with van der Waals surface area (Å²) < 4.78 is 1.09. The highest BCUT2D eigenvalue weighted by atomic mass is 79.9. The number of rotatable bonds is 2. The second-order valence-electron chi connectivity index (χ2n) is 5.08. The molecule has 0 aliphatic carbocycles. The molecule has 3 heterocycles. The molecule has 4 aromatic rings. The zero-order valence-electron chi connectivity index (χ0n) is 11.8. The summed E-state index contributed by atoms with van der Waals surface area (Å²) in [6.07, 6.45) is 5.68. The second kappa shape index (κ2) is 5.34. The smallest absolute Gasteiger partial charge is 0.138 e. The maximum Gasteiger partial charge on any atom is 0.138 e. The molecule has 1 N–H and O–H groups in total. The van der Waals surface area contributed by atoms with Crippen LogP contribution in [0, 0.1) is 6.92 Å². The van der Waals surface area contributed by atoms with E-state index in [9.17, 15) is 0 Å². The average molecular weight is 370 g/mol. The molecule has 3 aromatic heterocycles. The van der Waals surface area contributed by atoms with Gasteiger partial charge in [-0.2, -0.15) is 0 Å². The van der Waals surface area contributed by atoms with Gasteiger partial charge in [0.15, 0.2) is 0 Å². The molecule has 22 heavy (non-hydrogen) atoms. The number of hydrogen-bond acceptors (Lipinski definition) is 3. The fourth-order valence-corrected chi connectivity index (χ4v) is 3.87. The van der Waals surface area contributed by atoms with Gasteiger partial charge in [-0.3, -0.25) is 0 Å². The Morgan fingerprint density at radius 3 is 2.73 bits per heavy atom. The molecule has 0 fully saturated rings. The van der Waals surface area contributed by atoms with E-state index < -0.39 is 0 Å². The third-order valence-electron chi connectivity index (χ3n) is 3.71. The predicted molar refractivity (Wildman–Crippen MR) is 95.1 cm³/mol. The largest absolute Gasteiger partial charge is 0.345 e. The lowest BCUT2D eigenvalue weighted by Gasteiger charge is -2.09. The second-order valence-corrected chi connectivity index (χ2v) is 6.89. The van der Waals surface area contributed by atoms with Crippen molar-refractivity contribution in [2.75, 3.05) is 0 Å². The van der Waals surface area contributed by atoms with E-state index in [0.29, 0.717) is 0 Å².